The fourth-order valence-electron chi connectivity index (χ4n) is 2.41. The molecule has 2 aromatic rings. The minimum Gasteiger partial charge on any atom is -0.373 e. The fourth-order valence-corrected chi connectivity index (χ4v) is 4.12. The van der Waals surface area contributed by atoms with Gasteiger partial charge in [0.15, 0.2) is 0 Å². The second-order valence-corrected chi connectivity index (χ2v) is 8.57. The first-order valence-electron chi connectivity index (χ1n) is 7.74. The van der Waals surface area contributed by atoms with Gasteiger partial charge in [0.25, 0.3) is 0 Å². The standard InChI is InChI=1S/C18H23ClN2O2S/c1-15-9-11-18(12-10-15)24(22,23)21(3)14-16(19)13-20(2)17-7-5-4-6-8-17/h4-12,16H,13-14H2,1-3H3. The topological polar surface area (TPSA) is 40.6 Å². The monoisotopic (exact) mass is 366 g/mol. The summed E-state index contributed by atoms with van der Waals surface area (Å²) in [6.45, 7) is 2.72. The average Bonchev–Trinajstić information content (AvgIpc) is 2.55. The van der Waals surface area contributed by atoms with Crippen molar-refractivity contribution in [3.05, 3.63) is 60.2 Å². The van der Waals surface area contributed by atoms with Crippen LogP contribution < -0.4 is 4.90 Å². The molecule has 0 amide bonds. The molecule has 0 spiro atoms. The molecule has 2 rings (SSSR count). The van der Waals surface area contributed by atoms with E-state index in [1.165, 1.54) is 4.31 Å². The number of hydrogen-bond donors (Lipinski definition) is 0. The number of nitrogens with zero attached hydrogens (tertiary/aromatic N) is 2. The van der Waals surface area contributed by atoms with Gasteiger partial charge in [0, 0.05) is 32.9 Å². The van der Waals surface area contributed by atoms with Crippen LogP contribution in [0.4, 0.5) is 5.69 Å². The first kappa shape index (κ1) is 18.8. The van der Waals surface area contributed by atoms with E-state index in [1.54, 1.807) is 31.3 Å². The molecule has 0 aliphatic heterocycles. The minimum absolute atomic E-state index is 0.245. The summed E-state index contributed by atoms with van der Waals surface area (Å²) in [5.74, 6) is 0. The van der Waals surface area contributed by atoms with Crippen LogP contribution in [0.1, 0.15) is 5.56 Å². The van der Waals surface area contributed by atoms with Gasteiger partial charge in [0.2, 0.25) is 10.0 Å². The number of benzene rings is 2. The highest BCUT2D eigenvalue weighted by Crippen LogP contribution is 2.18. The van der Waals surface area contributed by atoms with Gasteiger partial charge in [-0.15, -0.1) is 11.6 Å². The molecule has 0 fully saturated rings. The van der Waals surface area contributed by atoms with Crippen molar-refractivity contribution in [1.29, 1.82) is 0 Å². The van der Waals surface area contributed by atoms with Crippen molar-refractivity contribution >= 4 is 27.3 Å². The van der Waals surface area contributed by atoms with Gasteiger partial charge in [-0.3, -0.25) is 0 Å². The van der Waals surface area contributed by atoms with E-state index in [0.29, 0.717) is 6.54 Å². The number of sulfonamides is 1. The van der Waals surface area contributed by atoms with Crippen molar-refractivity contribution in [1.82, 2.24) is 4.31 Å². The average molecular weight is 367 g/mol. The predicted octanol–water partition coefficient (Wildman–Crippen LogP) is 3.36. The molecule has 24 heavy (non-hydrogen) atoms. The lowest BCUT2D eigenvalue weighted by Gasteiger charge is -2.25. The van der Waals surface area contributed by atoms with Crippen LogP contribution in [-0.4, -0.2) is 45.3 Å². The number of rotatable bonds is 7. The molecule has 0 aromatic heterocycles. The lowest BCUT2D eigenvalue weighted by Crippen LogP contribution is -2.37. The zero-order valence-electron chi connectivity index (χ0n) is 14.2. The van der Waals surface area contributed by atoms with E-state index in [9.17, 15) is 8.42 Å². The van der Waals surface area contributed by atoms with Gasteiger partial charge in [-0.1, -0.05) is 35.9 Å². The van der Waals surface area contributed by atoms with Crippen molar-refractivity contribution in [2.75, 3.05) is 32.1 Å². The zero-order valence-corrected chi connectivity index (χ0v) is 15.8. The smallest absolute Gasteiger partial charge is 0.242 e. The second-order valence-electron chi connectivity index (χ2n) is 5.91. The van der Waals surface area contributed by atoms with Gasteiger partial charge < -0.3 is 4.90 Å². The largest absolute Gasteiger partial charge is 0.373 e. The first-order valence-corrected chi connectivity index (χ1v) is 9.61. The fraction of sp³-hybridized carbons (Fsp3) is 0.333. The molecule has 0 radical (unpaired) electrons. The number of hydrogen-bond acceptors (Lipinski definition) is 3. The van der Waals surface area contributed by atoms with Crippen molar-refractivity contribution in [2.45, 2.75) is 17.2 Å². The Morgan fingerprint density at radius 1 is 0.958 bits per heavy atom. The van der Waals surface area contributed by atoms with Gasteiger partial charge in [0.05, 0.1) is 10.3 Å². The third-order valence-electron chi connectivity index (χ3n) is 3.85. The molecule has 2 aromatic carbocycles. The summed E-state index contributed by atoms with van der Waals surface area (Å²) in [7, 11) is -0.0146. The van der Waals surface area contributed by atoms with E-state index in [4.69, 9.17) is 11.6 Å². The summed E-state index contributed by atoms with van der Waals surface area (Å²) >= 11 is 6.39. The Kier molecular flexibility index (Phi) is 6.27. The lowest BCUT2D eigenvalue weighted by atomic mass is 10.2. The first-order chi connectivity index (χ1) is 11.3. The number of aryl methyl sites for hydroxylation is 1. The highest BCUT2D eigenvalue weighted by atomic mass is 35.5. The second kappa shape index (κ2) is 8.01. The highest BCUT2D eigenvalue weighted by Gasteiger charge is 2.23. The number of alkyl halides is 1. The van der Waals surface area contributed by atoms with Crippen LogP contribution in [-0.2, 0) is 10.0 Å². The van der Waals surface area contributed by atoms with Crippen LogP contribution in [0.3, 0.4) is 0 Å². The summed E-state index contributed by atoms with van der Waals surface area (Å²) in [5, 5.41) is -0.319. The summed E-state index contributed by atoms with van der Waals surface area (Å²) in [4.78, 5) is 2.31. The Labute approximate surface area is 149 Å². The molecule has 0 aliphatic rings. The van der Waals surface area contributed by atoms with E-state index < -0.39 is 10.0 Å². The molecule has 0 bridgehead atoms. The van der Waals surface area contributed by atoms with Crippen LogP contribution in [0.15, 0.2) is 59.5 Å². The SMILES string of the molecule is Cc1ccc(S(=O)(=O)N(C)CC(Cl)CN(C)c2ccccc2)cc1. The van der Waals surface area contributed by atoms with Gasteiger partial charge >= 0.3 is 0 Å². The normalized spacial score (nSPS) is 13.0. The highest BCUT2D eigenvalue weighted by molar-refractivity contribution is 7.89. The Hall–Kier alpha value is -1.56. The maximum Gasteiger partial charge on any atom is 0.242 e. The summed E-state index contributed by atoms with van der Waals surface area (Å²) in [6, 6.07) is 16.7. The Morgan fingerprint density at radius 2 is 1.54 bits per heavy atom. The van der Waals surface area contributed by atoms with Crippen molar-refractivity contribution in [3.8, 4) is 0 Å². The van der Waals surface area contributed by atoms with E-state index in [-0.39, 0.29) is 16.8 Å². The molecule has 130 valence electrons. The van der Waals surface area contributed by atoms with Gasteiger partial charge in [-0.05, 0) is 31.2 Å². The van der Waals surface area contributed by atoms with Gasteiger partial charge in [-0.25, -0.2) is 8.42 Å². The van der Waals surface area contributed by atoms with Crippen LogP contribution in [0.2, 0.25) is 0 Å². The third kappa shape index (κ3) is 4.72. The van der Waals surface area contributed by atoms with Crippen molar-refractivity contribution in [3.63, 3.8) is 0 Å². The molecule has 0 aliphatic carbocycles. The molecule has 0 saturated heterocycles. The van der Waals surface area contributed by atoms with Crippen LogP contribution in [0.5, 0.6) is 0 Å². The summed E-state index contributed by atoms with van der Waals surface area (Å²) in [5.41, 5.74) is 2.07. The van der Waals surface area contributed by atoms with E-state index in [2.05, 4.69) is 0 Å². The van der Waals surface area contributed by atoms with E-state index in [0.717, 1.165) is 11.3 Å². The quantitative estimate of drug-likeness (QED) is 0.705. The lowest BCUT2D eigenvalue weighted by molar-refractivity contribution is 0.464. The predicted molar refractivity (Wildman–Crippen MR) is 100 cm³/mol. The van der Waals surface area contributed by atoms with Crippen LogP contribution >= 0.6 is 11.6 Å². The Bertz CT molecular complexity index is 748. The van der Waals surface area contributed by atoms with Crippen molar-refractivity contribution < 1.29 is 8.42 Å². The van der Waals surface area contributed by atoms with Crippen LogP contribution in [0, 0.1) is 6.92 Å². The van der Waals surface area contributed by atoms with Crippen molar-refractivity contribution in [2.24, 2.45) is 0 Å². The molecule has 4 nitrogen and oxygen atoms in total. The molecule has 1 unspecified atom stereocenters. The number of halogens is 1. The van der Waals surface area contributed by atoms with Gasteiger partial charge in [0.1, 0.15) is 0 Å². The van der Waals surface area contributed by atoms with Crippen LogP contribution in [0.25, 0.3) is 0 Å². The van der Waals surface area contributed by atoms with Gasteiger partial charge in [-0.2, -0.15) is 4.31 Å². The van der Waals surface area contributed by atoms with E-state index >= 15 is 0 Å². The third-order valence-corrected chi connectivity index (χ3v) is 5.97. The molecule has 0 N–H and O–H groups in total. The Balaban J connectivity index is 2.00. The number of anilines is 1. The maximum atomic E-state index is 12.6. The molecule has 0 heterocycles. The summed E-state index contributed by atoms with van der Waals surface area (Å²) in [6.07, 6.45) is 0. The molecular weight excluding hydrogens is 344 g/mol. The molecule has 1 atom stereocenters. The van der Waals surface area contributed by atoms with E-state index in [1.807, 2.05) is 49.2 Å². The molecular formula is C18H23ClN2O2S. The Morgan fingerprint density at radius 3 is 2.12 bits per heavy atom. The summed E-state index contributed by atoms with van der Waals surface area (Å²) < 4.78 is 26.5. The number of para-hydroxylation sites is 1. The molecule has 0 saturated carbocycles. The maximum absolute atomic E-state index is 12.6. The molecule has 6 heteroatoms. The zero-order chi connectivity index (χ0) is 17.7. The minimum atomic E-state index is -3.52.